The Hall–Kier alpha value is -1.90. The standard InChI is InChI=1S/C15H21N3O2/c1-12(11-19)18(2)9-3-4-15(20)17-14-7-5-13(10-16)6-8-14/h5-8,12,19H,3-4,9,11H2,1-2H3,(H,17,20). The molecular weight excluding hydrogens is 254 g/mol. The second kappa shape index (κ2) is 8.31. The molecule has 2 N–H and O–H groups in total. The lowest BCUT2D eigenvalue weighted by Crippen LogP contribution is -2.33. The number of anilines is 1. The fraction of sp³-hybridized carbons (Fsp3) is 0.467. The molecule has 0 aromatic heterocycles. The van der Waals surface area contributed by atoms with Crippen LogP contribution in [-0.2, 0) is 4.79 Å². The largest absolute Gasteiger partial charge is 0.395 e. The van der Waals surface area contributed by atoms with Crippen molar-refractivity contribution in [3.05, 3.63) is 29.8 Å². The lowest BCUT2D eigenvalue weighted by atomic mass is 10.2. The Labute approximate surface area is 119 Å². The van der Waals surface area contributed by atoms with E-state index in [-0.39, 0.29) is 18.6 Å². The zero-order chi connectivity index (χ0) is 15.0. The molecule has 0 aliphatic heterocycles. The summed E-state index contributed by atoms with van der Waals surface area (Å²) < 4.78 is 0. The predicted octanol–water partition coefficient (Wildman–Crippen LogP) is 1.59. The molecule has 108 valence electrons. The highest BCUT2D eigenvalue weighted by molar-refractivity contribution is 5.90. The average molecular weight is 275 g/mol. The van der Waals surface area contributed by atoms with Crippen LogP contribution in [0.2, 0.25) is 0 Å². The molecule has 0 aliphatic rings. The molecule has 1 amide bonds. The van der Waals surface area contributed by atoms with Crippen molar-refractivity contribution < 1.29 is 9.90 Å². The molecule has 5 heteroatoms. The number of likely N-dealkylation sites (N-methyl/N-ethyl adjacent to an activating group) is 1. The SMILES string of the molecule is CC(CO)N(C)CCCC(=O)Nc1ccc(C#N)cc1. The van der Waals surface area contributed by atoms with E-state index in [1.807, 2.05) is 24.9 Å². The van der Waals surface area contributed by atoms with Gasteiger partial charge in [0.1, 0.15) is 0 Å². The van der Waals surface area contributed by atoms with Crippen LogP contribution in [0.3, 0.4) is 0 Å². The number of amides is 1. The topological polar surface area (TPSA) is 76.4 Å². The van der Waals surface area contributed by atoms with Gasteiger partial charge in [-0.3, -0.25) is 4.79 Å². The van der Waals surface area contributed by atoms with E-state index in [1.54, 1.807) is 24.3 Å². The molecule has 0 aliphatic carbocycles. The van der Waals surface area contributed by atoms with Crippen molar-refractivity contribution >= 4 is 11.6 Å². The molecule has 5 nitrogen and oxygen atoms in total. The van der Waals surface area contributed by atoms with Crippen LogP contribution in [0, 0.1) is 11.3 Å². The summed E-state index contributed by atoms with van der Waals surface area (Å²) in [7, 11) is 1.93. The van der Waals surface area contributed by atoms with Crippen molar-refractivity contribution in [2.24, 2.45) is 0 Å². The molecule has 0 heterocycles. The van der Waals surface area contributed by atoms with Gasteiger partial charge in [0.05, 0.1) is 18.2 Å². The minimum absolute atomic E-state index is 0.0419. The smallest absolute Gasteiger partial charge is 0.224 e. The minimum atomic E-state index is -0.0419. The first-order valence-electron chi connectivity index (χ1n) is 6.68. The van der Waals surface area contributed by atoms with E-state index >= 15 is 0 Å². The number of hydrogen-bond donors (Lipinski definition) is 2. The molecule has 0 radical (unpaired) electrons. The summed E-state index contributed by atoms with van der Waals surface area (Å²) in [5.74, 6) is -0.0419. The Bertz CT molecular complexity index is 465. The molecule has 0 saturated carbocycles. The summed E-state index contributed by atoms with van der Waals surface area (Å²) in [6.45, 7) is 2.83. The zero-order valence-electron chi connectivity index (χ0n) is 12.0. The van der Waals surface area contributed by atoms with Crippen LogP contribution < -0.4 is 5.32 Å². The lowest BCUT2D eigenvalue weighted by Gasteiger charge is -2.22. The van der Waals surface area contributed by atoms with Crippen LogP contribution in [0.1, 0.15) is 25.3 Å². The lowest BCUT2D eigenvalue weighted by molar-refractivity contribution is -0.116. The van der Waals surface area contributed by atoms with Crippen LogP contribution >= 0.6 is 0 Å². The molecule has 0 bridgehead atoms. The molecule has 20 heavy (non-hydrogen) atoms. The number of carbonyl (C=O) groups excluding carboxylic acids is 1. The average Bonchev–Trinajstić information content (AvgIpc) is 2.47. The van der Waals surface area contributed by atoms with Crippen LogP contribution in [0.25, 0.3) is 0 Å². The molecule has 1 unspecified atom stereocenters. The van der Waals surface area contributed by atoms with Gasteiger partial charge in [-0.25, -0.2) is 0 Å². The molecular formula is C15H21N3O2. The van der Waals surface area contributed by atoms with E-state index in [4.69, 9.17) is 10.4 Å². The maximum Gasteiger partial charge on any atom is 0.224 e. The third-order valence-electron chi connectivity index (χ3n) is 3.23. The molecule has 1 rings (SSSR count). The first-order chi connectivity index (χ1) is 9.56. The van der Waals surface area contributed by atoms with Gasteiger partial charge in [-0.2, -0.15) is 5.26 Å². The molecule has 1 atom stereocenters. The van der Waals surface area contributed by atoms with Crippen molar-refractivity contribution in [3.8, 4) is 6.07 Å². The van der Waals surface area contributed by atoms with Gasteiger partial charge < -0.3 is 15.3 Å². The summed E-state index contributed by atoms with van der Waals surface area (Å²) >= 11 is 0. The number of nitrogens with one attached hydrogen (secondary N) is 1. The third-order valence-corrected chi connectivity index (χ3v) is 3.23. The highest BCUT2D eigenvalue weighted by Crippen LogP contribution is 2.09. The second-order valence-corrected chi connectivity index (χ2v) is 4.85. The summed E-state index contributed by atoms with van der Waals surface area (Å²) in [6.07, 6.45) is 1.17. The van der Waals surface area contributed by atoms with Crippen molar-refractivity contribution in [2.45, 2.75) is 25.8 Å². The number of carbonyl (C=O) groups is 1. The van der Waals surface area contributed by atoms with Gasteiger partial charge in [0.25, 0.3) is 0 Å². The van der Waals surface area contributed by atoms with Crippen molar-refractivity contribution in [3.63, 3.8) is 0 Å². The fourth-order valence-corrected chi connectivity index (χ4v) is 1.70. The summed E-state index contributed by atoms with van der Waals surface area (Å²) in [6, 6.07) is 8.92. The Morgan fingerprint density at radius 2 is 2.10 bits per heavy atom. The quantitative estimate of drug-likeness (QED) is 0.792. The van der Waals surface area contributed by atoms with E-state index in [2.05, 4.69) is 5.32 Å². The van der Waals surface area contributed by atoms with Gasteiger partial charge in [-0.15, -0.1) is 0 Å². The van der Waals surface area contributed by atoms with Gasteiger partial charge in [-0.05, 0) is 51.2 Å². The van der Waals surface area contributed by atoms with E-state index < -0.39 is 0 Å². The Morgan fingerprint density at radius 1 is 1.45 bits per heavy atom. The molecule has 0 spiro atoms. The van der Waals surface area contributed by atoms with E-state index in [0.717, 1.165) is 13.0 Å². The summed E-state index contributed by atoms with van der Waals surface area (Å²) in [4.78, 5) is 13.8. The van der Waals surface area contributed by atoms with Gasteiger partial charge >= 0.3 is 0 Å². The third kappa shape index (κ3) is 5.39. The van der Waals surface area contributed by atoms with E-state index in [1.165, 1.54) is 0 Å². The number of benzene rings is 1. The number of aliphatic hydroxyl groups is 1. The van der Waals surface area contributed by atoms with Gasteiger partial charge in [-0.1, -0.05) is 0 Å². The molecule has 1 aromatic rings. The maximum absolute atomic E-state index is 11.7. The number of hydrogen-bond acceptors (Lipinski definition) is 4. The van der Waals surface area contributed by atoms with Gasteiger partial charge in [0.15, 0.2) is 0 Å². The second-order valence-electron chi connectivity index (χ2n) is 4.85. The van der Waals surface area contributed by atoms with Gasteiger partial charge in [0.2, 0.25) is 5.91 Å². The highest BCUT2D eigenvalue weighted by atomic mass is 16.3. The van der Waals surface area contributed by atoms with Crippen molar-refractivity contribution in [1.82, 2.24) is 4.90 Å². The zero-order valence-corrected chi connectivity index (χ0v) is 12.0. The first kappa shape index (κ1) is 16.2. The maximum atomic E-state index is 11.7. The van der Waals surface area contributed by atoms with Crippen molar-refractivity contribution in [1.29, 1.82) is 5.26 Å². The van der Waals surface area contributed by atoms with E-state index in [9.17, 15) is 4.79 Å². The molecule has 1 aromatic carbocycles. The normalized spacial score (nSPS) is 11.9. The highest BCUT2D eigenvalue weighted by Gasteiger charge is 2.08. The predicted molar refractivity (Wildman–Crippen MR) is 78.2 cm³/mol. The Morgan fingerprint density at radius 3 is 2.65 bits per heavy atom. The number of nitrogens with zero attached hydrogens (tertiary/aromatic N) is 2. The van der Waals surface area contributed by atoms with Crippen LogP contribution in [0.5, 0.6) is 0 Å². The number of aliphatic hydroxyl groups excluding tert-OH is 1. The molecule has 0 fully saturated rings. The Kier molecular flexibility index (Phi) is 6.71. The number of rotatable bonds is 7. The van der Waals surface area contributed by atoms with Crippen LogP contribution in [0.15, 0.2) is 24.3 Å². The van der Waals surface area contributed by atoms with Crippen LogP contribution in [0.4, 0.5) is 5.69 Å². The fourth-order valence-electron chi connectivity index (χ4n) is 1.70. The van der Waals surface area contributed by atoms with Crippen LogP contribution in [-0.4, -0.2) is 42.2 Å². The number of nitriles is 1. The van der Waals surface area contributed by atoms with Gasteiger partial charge in [0, 0.05) is 18.2 Å². The Balaban J connectivity index is 2.31. The van der Waals surface area contributed by atoms with Crippen molar-refractivity contribution in [2.75, 3.05) is 25.5 Å². The first-order valence-corrected chi connectivity index (χ1v) is 6.68. The minimum Gasteiger partial charge on any atom is -0.395 e. The summed E-state index contributed by atoms with van der Waals surface area (Å²) in [5.41, 5.74) is 1.27. The van der Waals surface area contributed by atoms with E-state index in [0.29, 0.717) is 17.7 Å². The summed E-state index contributed by atoms with van der Waals surface area (Å²) in [5, 5.41) is 20.5. The molecule has 0 saturated heterocycles. The monoisotopic (exact) mass is 275 g/mol.